The zero-order valence-electron chi connectivity index (χ0n) is 7.56. The summed E-state index contributed by atoms with van der Waals surface area (Å²) in [4.78, 5) is 0. The lowest BCUT2D eigenvalue weighted by Crippen LogP contribution is -2.40. The largest absolute Gasteiger partial charge is 0.395 e. The number of hydrogen-bond acceptors (Lipinski definition) is 0. The Hall–Kier alpha value is -0.470. The number of allylic oxidation sites excluding steroid dienone is 2. The zero-order chi connectivity index (χ0) is 9.69. The van der Waals surface area contributed by atoms with Crippen LogP contribution in [0.1, 0.15) is 26.2 Å². The fraction of sp³-hybridized carbons (Fsp3) is 0.800. The van der Waals surface area contributed by atoms with Crippen molar-refractivity contribution in [3.05, 3.63) is 12.2 Å². The third-order valence-electron chi connectivity index (χ3n) is 3.70. The summed E-state index contributed by atoms with van der Waals surface area (Å²) in [5.41, 5.74) is -1.40. The Labute approximate surface area is 75.8 Å². The maximum Gasteiger partial charge on any atom is 0.395 e. The average Bonchev–Trinajstić information content (AvgIpc) is 2.60. The van der Waals surface area contributed by atoms with Gasteiger partial charge in [-0.15, -0.1) is 0 Å². The Bertz CT molecular complexity index is 241. The second kappa shape index (κ2) is 2.52. The Kier molecular flexibility index (Phi) is 1.76. The van der Waals surface area contributed by atoms with Crippen molar-refractivity contribution in [2.24, 2.45) is 17.3 Å². The van der Waals surface area contributed by atoms with E-state index in [9.17, 15) is 13.2 Å². The van der Waals surface area contributed by atoms with Gasteiger partial charge in [-0.25, -0.2) is 0 Å². The molecule has 1 saturated carbocycles. The van der Waals surface area contributed by atoms with Gasteiger partial charge in [0.25, 0.3) is 0 Å². The molecule has 0 nitrogen and oxygen atoms in total. The third kappa shape index (κ3) is 1.05. The maximum atomic E-state index is 12.8. The minimum Gasteiger partial charge on any atom is -0.170 e. The second-order valence-electron chi connectivity index (χ2n) is 4.20. The minimum absolute atomic E-state index is 0.187. The molecule has 13 heavy (non-hydrogen) atoms. The topological polar surface area (TPSA) is 0 Å². The molecule has 3 unspecified atom stereocenters. The molecule has 0 radical (unpaired) electrons. The molecule has 0 saturated heterocycles. The monoisotopic (exact) mass is 190 g/mol. The molecule has 0 aromatic heterocycles. The van der Waals surface area contributed by atoms with Gasteiger partial charge >= 0.3 is 6.18 Å². The van der Waals surface area contributed by atoms with Crippen LogP contribution < -0.4 is 0 Å². The van der Waals surface area contributed by atoms with Gasteiger partial charge in [0.2, 0.25) is 0 Å². The highest BCUT2D eigenvalue weighted by atomic mass is 19.4. The van der Waals surface area contributed by atoms with E-state index in [0.717, 1.165) is 0 Å². The number of halogens is 3. The van der Waals surface area contributed by atoms with Gasteiger partial charge in [0.05, 0.1) is 5.41 Å². The number of fused-ring (bicyclic) bond motifs is 2. The highest BCUT2D eigenvalue weighted by molar-refractivity contribution is 5.17. The number of hydrogen-bond donors (Lipinski definition) is 0. The molecule has 0 spiro atoms. The smallest absolute Gasteiger partial charge is 0.170 e. The van der Waals surface area contributed by atoms with Crippen molar-refractivity contribution in [1.29, 1.82) is 0 Å². The molecule has 0 aromatic carbocycles. The maximum absolute atomic E-state index is 12.8. The molecule has 0 N–H and O–H groups in total. The molecule has 0 aliphatic heterocycles. The quantitative estimate of drug-likeness (QED) is 0.555. The fourth-order valence-electron chi connectivity index (χ4n) is 2.89. The van der Waals surface area contributed by atoms with E-state index in [0.29, 0.717) is 12.8 Å². The lowest BCUT2D eigenvalue weighted by molar-refractivity contribution is -0.234. The van der Waals surface area contributed by atoms with Gasteiger partial charge in [-0.3, -0.25) is 0 Å². The SMILES string of the molecule is CCC1(C(F)(F)F)CC2C=CC1C2. The molecule has 3 heteroatoms. The van der Waals surface area contributed by atoms with E-state index >= 15 is 0 Å². The van der Waals surface area contributed by atoms with E-state index < -0.39 is 11.6 Å². The van der Waals surface area contributed by atoms with Crippen LogP contribution in [-0.4, -0.2) is 6.18 Å². The van der Waals surface area contributed by atoms with Crippen LogP contribution in [0.25, 0.3) is 0 Å². The van der Waals surface area contributed by atoms with Crippen LogP contribution >= 0.6 is 0 Å². The first-order chi connectivity index (χ1) is 5.99. The lowest BCUT2D eigenvalue weighted by atomic mass is 9.73. The first-order valence-corrected chi connectivity index (χ1v) is 4.74. The Balaban J connectivity index is 2.33. The summed E-state index contributed by atoms with van der Waals surface area (Å²) in [6.45, 7) is 1.65. The molecule has 74 valence electrons. The zero-order valence-corrected chi connectivity index (χ0v) is 7.56. The first kappa shape index (κ1) is 9.10. The van der Waals surface area contributed by atoms with Gasteiger partial charge in [0.1, 0.15) is 0 Å². The Morgan fingerprint density at radius 3 is 2.31 bits per heavy atom. The predicted molar refractivity (Wildman–Crippen MR) is 44.1 cm³/mol. The fourth-order valence-corrected chi connectivity index (χ4v) is 2.89. The van der Waals surface area contributed by atoms with Gasteiger partial charge in [0.15, 0.2) is 0 Å². The normalized spacial score (nSPS) is 43.1. The van der Waals surface area contributed by atoms with Gasteiger partial charge < -0.3 is 0 Å². The van der Waals surface area contributed by atoms with Gasteiger partial charge in [-0.1, -0.05) is 19.1 Å². The van der Waals surface area contributed by atoms with Gasteiger partial charge in [-0.05, 0) is 31.1 Å². The van der Waals surface area contributed by atoms with E-state index in [4.69, 9.17) is 0 Å². The van der Waals surface area contributed by atoms with Crippen LogP contribution in [0.15, 0.2) is 12.2 Å². The van der Waals surface area contributed by atoms with Crippen molar-refractivity contribution in [2.45, 2.75) is 32.4 Å². The number of alkyl halides is 3. The summed E-state index contributed by atoms with van der Waals surface area (Å²) >= 11 is 0. The molecular formula is C10H13F3. The van der Waals surface area contributed by atoms with E-state index in [2.05, 4.69) is 0 Å². The van der Waals surface area contributed by atoms with Crippen molar-refractivity contribution in [1.82, 2.24) is 0 Å². The minimum atomic E-state index is -4.02. The van der Waals surface area contributed by atoms with Crippen LogP contribution in [0.2, 0.25) is 0 Å². The highest BCUT2D eigenvalue weighted by Gasteiger charge is 2.62. The van der Waals surface area contributed by atoms with Crippen LogP contribution in [0.4, 0.5) is 13.2 Å². The molecule has 0 aromatic rings. The van der Waals surface area contributed by atoms with Crippen LogP contribution in [0.5, 0.6) is 0 Å². The Morgan fingerprint density at radius 1 is 1.38 bits per heavy atom. The summed E-state index contributed by atoms with van der Waals surface area (Å²) in [5.74, 6) is -0.0610. The Morgan fingerprint density at radius 2 is 2.08 bits per heavy atom. The highest BCUT2D eigenvalue weighted by Crippen LogP contribution is 2.61. The van der Waals surface area contributed by atoms with E-state index in [1.54, 1.807) is 13.0 Å². The summed E-state index contributed by atoms with van der Waals surface area (Å²) in [5, 5.41) is 0. The van der Waals surface area contributed by atoms with E-state index in [-0.39, 0.29) is 18.3 Å². The summed E-state index contributed by atoms with van der Waals surface area (Å²) in [6.07, 6.45) is 0.949. The molecule has 2 bridgehead atoms. The third-order valence-corrected chi connectivity index (χ3v) is 3.70. The van der Waals surface area contributed by atoms with Crippen LogP contribution in [0.3, 0.4) is 0 Å². The van der Waals surface area contributed by atoms with Crippen molar-refractivity contribution < 1.29 is 13.2 Å². The first-order valence-electron chi connectivity index (χ1n) is 4.74. The van der Waals surface area contributed by atoms with E-state index in [1.165, 1.54) is 0 Å². The molecular weight excluding hydrogens is 177 g/mol. The molecule has 2 aliphatic carbocycles. The summed E-state index contributed by atoms with van der Waals surface area (Å²) in [6, 6.07) is 0. The van der Waals surface area contributed by atoms with Gasteiger partial charge in [-0.2, -0.15) is 13.2 Å². The molecule has 3 atom stereocenters. The second-order valence-corrected chi connectivity index (χ2v) is 4.20. The van der Waals surface area contributed by atoms with Crippen molar-refractivity contribution >= 4 is 0 Å². The summed E-state index contributed by atoms with van der Waals surface area (Å²) in [7, 11) is 0. The van der Waals surface area contributed by atoms with E-state index in [1.807, 2.05) is 6.08 Å². The van der Waals surface area contributed by atoms with Crippen LogP contribution in [0, 0.1) is 17.3 Å². The molecule has 2 aliphatic rings. The van der Waals surface area contributed by atoms with Crippen molar-refractivity contribution in [3.8, 4) is 0 Å². The number of rotatable bonds is 1. The standard InChI is InChI=1S/C10H13F3/c1-2-9(10(11,12)13)6-7-3-4-8(9)5-7/h3-4,7-8H,2,5-6H2,1H3. The van der Waals surface area contributed by atoms with Crippen LogP contribution in [-0.2, 0) is 0 Å². The molecule has 0 heterocycles. The van der Waals surface area contributed by atoms with Gasteiger partial charge in [0, 0.05) is 0 Å². The molecule has 0 amide bonds. The summed E-state index contributed by atoms with van der Waals surface area (Å²) < 4.78 is 38.5. The predicted octanol–water partition coefficient (Wildman–Crippen LogP) is 3.54. The molecule has 2 rings (SSSR count). The lowest BCUT2D eigenvalue weighted by Gasteiger charge is -2.36. The van der Waals surface area contributed by atoms with Crippen molar-refractivity contribution in [3.63, 3.8) is 0 Å². The average molecular weight is 190 g/mol. The van der Waals surface area contributed by atoms with Crippen molar-refractivity contribution in [2.75, 3.05) is 0 Å². The molecule has 1 fully saturated rings.